The molecule has 100 valence electrons. The molecular weight excluding hydrogens is 288 g/mol. The molecule has 0 bridgehead atoms. The summed E-state index contributed by atoms with van der Waals surface area (Å²) >= 11 is 3.41. The Morgan fingerprint density at radius 1 is 0.850 bits per heavy atom. The van der Waals surface area contributed by atoms with Gasteiger partial charge in [-0.25, -0.2) is 0 Å². The zero-order valence-corrected chi connectivity index (χ0v) is 12.7. The third-order valence-electron chi connectivity index (χ3n) is 3.35. The van der Waals surface area contributed by atoms with Crippen LogP contribution in [0.2, 0.25) is 0 Å². The molecule has 20 heavy (non-hydrogen) atoms. The van der Waals surface area contributed by atoms with Gasteiger partial charge in [-0.1, -0.05) is 0 Å². The number of aryl methyl sites for hydroxylation is 2. The number of nitrogens with one attached hydrogen (secondary N) is 2. The largest absolute Gasteiger partial charge is 0.351 e. The predicted octanol–water partition coefficient (Wildman–Crippen LogP) is 4.62. The topological polar surface area (TPSA) is 48.6 Å². The standard InChI is InChI=1S/C15H12N2OS2/c1-7-3-9-13(19-7)5-11(16-9)15(18)12-6-14-10(17-12)4-8(2)20-14/h3-6,16-17H,1-2H3. The molecule has 4 rings (SSSR count). The highest BCUT2D eigenvalue weighted by Gasteiger charge is 2.16. The first-order valence-electron chi connectivity index (χ1n) is 6.33. The molecular formula is C15H12N2OS2. The van der Waals surface area contributed by atoms with Crippen molar-refractivity contribution in [2.24, 2.45) is 0 Å². The van der Waals surface area contributed by atoms with Crippen LogP contribution in [-0.2, 0) is 0 Å². The summed E-state index contributed by atoms with van der Waals surface area (Å²) in [4.78, 5) is 21.4. The third kappa shape index (κ3) is 1.74. The Morgan fingerprint density at radius 3 is 1.70 bits per heavy atom. The van der Waals surface area contributed by atoms with Crippen molar-refractivity contribution >= 4 is 48.9 Å². The molecule has 4 aromatic heterocycles. The molecule has 4 heterocycles. The Hall–Kier alpha value is -1.85. The van der Waals surface area contributed by atoms with E-state index in [1.165, 1.54) is 9.75 Å². The summed E-state index contributed by atoms with van der Waals surface area (Å²) in [5, 5.41) is 0. The molecule has 0 radical (unpaired) electrons. The first-order chi connectivity index (χ1) is 9.60. The van der Waals surface area contributed by atoms with Crippen LogP contribution in [0.3, 0.4) is 0 Å². The molecule has 0 unspecified atom stereocenters. The number of fused-ring (bicyclic) bond motifs is 2. The number of carbonyl (C=O) groups excluding carboxylic acids is 1. The molecule has 3 nitrogen and oxygen atoms in total. The van der Waals surface area contributed by atoms with Crippen LogP contribution in [0.1, 0.15) is 25.9 Å². The Balaban J connectivity index is 1.77. The SMILES string of the molecule is Cc1cc2[nH]c(C(=O)c3cc4sc(C)cc4[nH]3)cc2s1. The predicted molar refractivity (Wildman–Crippen MR) is 85.3 cm³/mol. The van der Waals surface area contributed by atoms with Crippen LogP contribution < -0.4 is 0 Å². The van der Waals surface area contributed by atoms with Gasteiger partial charge in [-0.3, -0.25) is 4.79 Å². The van der Waals surface area contributed by atoms with Gasteiger partial charge >= 0.3 is 0 Å². The average molecular weight is 300 g/mol. The van der Waals surface area contributed by atoms with E-state index >= 15 is 0 Å². The van der Waals surface area contributed by atoms with E-state index < -0.39 is 0 Å². The second-order valence-electron chi connectivity index (χ2n) is 4.97. The van der Waals surface area contributed by atoms with Crippen LogP contribution in [-0.4, -0.2) is 15.8 Å². The Morgan fingerprint density at radius 2 is 1.30 bits per heavy atom. The van der Waals surface area contributed by atoms with Gasteiger partial charge in [0, 0.05) is 9.75 Å². The summed E-state index contributed by atoms with van der Waals surface area (Å²) in [6, 6.07) is 8.03. The highest BCUT2D eigenvalue weighted by molar-refractivity contribution is 7.19. The Labute approximate surface area is 123 Å². The second kappa shape index (κ2) is 4.07. The number of thiophene rings is 2. The lowest BCUT2D eigenvalue weighted by atomic mass is 10.2. The minimum absolute atomic E-state index is 0.0205. The number of aromatic nitrogens is 2. The minimum atomic E-state index is 0.0205. The molecule has 0 saturated heterocycles. The first kappa shape index (κ1) is 11.9. The number of H-pyrrole nitrogens is 2. The molecule has 4 aromatic rings. The summed E-state index contributed by atoms with van der Waals surface area (Å²) in [5.41, 5.74) is 3.38. The van der Waals surface area contributed by atoms with E-state index in [4.69, 9.17) is 0 Å². The summed E-state index contributed by atoms with van der Waals surface area (Å²) < 4.78 is 2.27. The maximum Gasteiger partial charge on any atom is 0.225 e. The van der Waals surface area contributed by atoms with Gasteiger partial charge in [0.25, 0.3) is 0 Å². The van der Waals surface area contributed by atoms with E-state index in [-0.39, 0.29) is 5.78 Å². The summed E-state index contributed by atoms with van der Waals surface area (Å²) in [5.74, 6) is 0.0205. The lowest BCUT2D eigenvalue weighted by Gasteiger charge is -1.93. The fourth-order valence-corrected chi connectivity index (χ4v) is 4.33. The van der Waals surface area contributed by atoms with Crippen molar-refractivity contribution in [3.05, 3.63) is 45.4 Å². The Kier molecular flexibility index (Phi) is 2.43. The van der Waals surface area contributed by atoms with Gasteiger partial charge in [-0.2, -0.15) is 0 Å². The minimum Gasteiger partial charge on any atom is -0.351 e. The van der Waals surface area contributed by atoms with Gasteiger partial charge < -0.3 is 9.97 Å². The van der Waals surface area contributed by atoms with Crippen LogP contribution >= 0.6 is 22.7 Å². The number of rotatable bonds is 2. The maximum atomic E-state index is 12.5. The number of carbonyl (C=O) groups is 1. The van der Waals surface area contributed by atoms with E-state index in [1.54, 1.807) is 22.7 Å². The molecule has 0 amide bonds. The van der Waals surface area contributed by atoms with Crippen molar-refractivity contribution in [3.8, 4) is 0 Å². The molecule has 5 heteroatoms. The molecule has 0 saturated carbocycles. The van der Waals surface area contributed by atoms with E-state index in [2.05, 4.69) is 35.9 Å². The van der Waals surface area contributed by atoms with E-state index in [1.807, 2.05) is 12.1 Å². The summed E-state index contributed by atoms with van der Waals surface area (Å²) in [7, 11) is 0. The third-order valence-corrected chi connectivity index (χ3v) is 5.34. The molecule has 0 spiro atoms. The highest BCUT2D eigenvalue weighted by atomic mass is 32.1. The molecule has 0 aliphatic carbocycles. The first-order valence-corrected chi connectivity index (χ1v) is 7.96. The highest BCUT2D eigenvalue weighted by Crippen LogP contribution is 2.29. The van der Waals surface area contributed by atoms with Crippen molar-refractivity contribution < 1.29 is 4.79 Å². The van der Waals surface area contributed by atoms with Crippen LogP contribution in [0.15, 0.2) is 24.3 Å². The molecule has 0 aliphatic heterocycles. The Bertz CT molecular complexity index is 812. The average Bonchev–Trinajstić information content (AvgIpc) is 3.05. The molecule has 0 aromatic carbocycles. The van der Waals surface area contributed by atoms with Gasteiger partial charge in [0.2, 0.25) is 5.78 Å². The normalized spacial score (nSPS) is 11.7. The van der Waals surface area contributed by atoms with E-state index in [9.17, 15) is 4.79 Å². The fraction of sp³-hybridized carbons (Fsp3) is 0.133. The lowest BCUT2D eigenvalue weighted by Crippen LogP contribution is -2.01. The molecule has 0 fully saturated rings. The van der Waals surface area contributed by atoms with E-state index in [0.29, 0.717) is 11.4 Å². The zero-order valence-electron chi connectivity index (χ0n) is 11.0. The quantitative estimate of drug-likeness (QED) is 0.521. The summed E-state index contributed by atoms with van der Waals surface area (Å²) in [6.45, 7) is 4.14. The van der Waals surface area contributed by atoms with Gasteiger partial charge in [0.15, 0.2) is 0 Å². The van der Waals surface area contributed by atoms with Crippen molar-refractivity contribution in [2.75, 3.05) is 0 Å². The summed E-state index contributed by atoms with van der Waals surface area (Å²) in [6.07, 6.45) is 0. The van der Waals surface area contributed by atoms with Crippen LogP contribution in [0.5, 0.6) is 0 Å². The van der Waals surface area contributed by atoms with Gasteiger partial charge in [-0.05, 0) is 38.1 Å². The van der Waals surface area contributed by atoms with Gasteiger partial charge in [0.1, 0.15) is 0 Å². The smallest absolute Gasteiger partial charge is 0.225 e. The number of hydrogen-bond donors (Lipinski definition) is 2. The van der Waals surface area contributed by atoms with Crippen LogP contribution in [0, 0.1) is 13.8 Å². The van der Waals surface area contributed by atoms with Crippen LogP contribution in [0.25, 0.3) is 20.4 Å². The zero-order chi connectivity index (χ0) is 13.9. The van der Waals surface area contributed by atoms with Crippen molar-refractivity contribution in [1.29, 1.82) is 0 Å². The second-order valence-corrected chi connectivity index (χ2v) is 7.54. The van der Waals surface area contributed by atoms with Gasteiger partial charge in [0.05, 0.1) is 31.8 Å². The number of aromatic amines is 2. The number of ketones is 1. The van der Waals surface area contributed by atoms with E-state index in [0.717, 1.165) is 20.4 Å². The molecule has 0 atom stereocenters. The van der Waals surface area contributed by atoms with Crippen LogP contribution in [0.4, 0.5) is 0 Å². The van der Waals surface area contributed by atoms with Gasteiger partial charge in [-0.15, -0.1) is 22.7 Å². The maximum absolute atomic E-state index is 12.5. The fourth-order valence-electron chi connectivity index (χ4n) is 2.49. The number of hydrogen-bond acceptors (Lipinski definition) is 3. The van der Waals surface area contributed by atoms with Crippen molar-refractivity contribution in [1.82, 2.24) is 9.97 Å². The molecule has 2 N–H and O–H groups in total. The monoisotopic (exact) mass is 300 g/mol. The molecule has 0 aliphatic rings. The van der Waals surface area contributed by atoms with Crippen molar-refractivity contribution in [3.63, 3.8) is 0 Å². The van der Waals surface area contributed by atoms with Crippen molar-refractivity contribution in [2.45, 2.75) is 13.8 Å². The lowest BCUT2D eigenvalue weighted by molar-refractivity contribution is 0.103.